The zero-order valence-electron chi connectivity index (χ0n) is 17.1. The van der Waals surface area contributed by atoms with Gasteiger partial charge >= 0.3 is 0 Å². The highest BCUT2D eigenvalue weighted by Crippen LogP contribution is 2.31. The lowest BCUT2D eigenvalue weighted by Gasteiger charge is -2.50. The number of rotatable bonds is 5. The molecule has 1 saturated carbocycles. The Labute approximate surface area is 164 Å². The van der Waals surface area contributed by atoms with E-state index in [1.54, 1.807) is 0 Å². The summed E-state index contributed by atoms with van der Waals surface area (Å²) in [6.07, 6.45) is 12.8. The molecule has 0 aromatic heterocycles. The second kappa shape index (κ2) is 9.65. The molecule has 3 rings (SSSR count). The Morgan fingerprint density at radius 1 is 1.12 bits per heavy atom. The number of aliphatic imine (C=N–C) groups is 1. The summed E-state index contributed by atoms with van der Waals surface area (Å²) in [5.74, 6) is 1.01. The van der Waals surface area contributed by atoms with Gasteiger partial charge in [0.25, 0.3) is 0 Å². The molecule has 2 heterocycles. The molecule has 2 unspecified atom stereocenters. The van der Waals surface area contributed by atoms with E-state index >= 15 is 0 Å². The number of thioether (sulfide) groups is 1. The van der Waals surface area contributed by atoms with E-state index < -0.39 is 0 Å². The van der Waals surface area contributed by atoms with Crippen LogP contribution in [0.3, 0.4) is 0 Å². The van der Waals surface area contributed by atoms with Crippen LogP contribution in [0.2, 0.25) is 0 Å². The van der Waals surface area contributed by atoms with E-state index in [1.807, 2.05) is 18.8 Å². The zero-order valence-corrected chi connectivity index (χ0v) is 17.9. The summed E-state index contributed by atoms with van der Waals surface area (Å²) in [6.45, 7) is 5.99. The fourth-order valence-electron chi connectivity index (χ4n) is 4.93. The van der Waals surface area contributed by atoms with Crippen molar-refractivity contribution < 1.29 is 0 Å². The lowest BCUT2D eigenvalue weighted by atomic mass is 9.84. The topological polar surface area (TPSA) is 42.9 Å². The lowest BCUT2D eigenvalue weighted by molar-refractivity contribution is 0.0173. The molecule has 2 aliphatic heterocycles. The van der Waals surface area contributed by atoms with Crippen molar-refractivity contribution in [3.63, 3.8) is 0 Å². The molecule has 0 bridgehead atoms. The third-order valence-electron chi connectivity index (χ3n) is 6.81. The maximum atomic E-state index is 4.54. The van der Waals surface area contributed by atoms with Gasteiger partial charge in [-0.2, -0.15) is 11.8 Å². The summed E-state index contributed by atoms with van der Waals surface area (Å²) in [4.78, 5) is 9.81. The number of piperidine rings is 2. The van der Waals surface area contributed by atoms with Crippen LogP contribution in [0.4, 0.5) is 0 Å². The van der Waals surface area contributed by atoms with Crippen LogP contribution in [-0.2, 0) is 0 Å². The second-order valence-corrected chi connectivity index (χ2v) is 9.65. The van der Waals surface area contributed by atoms with E-state index in [0.29, 0.717) is 11.6 Å². The Morgan fingerprint density at radius 2 is 1.85 bits per heavy atom. The predicted molar refractivity (Wildman–Crippen MR) is 114 cm³/mol. The third kappa shape index (κ3) is 5.08. The van der Waals surface area contributed by atoms with Gasteiger partial charge in [0.2, 0.25) is 0 Å². The molecule has 0 amide bonds. The van der Waals surface area contributed by atoms with Gasteiger partial charge in [0.15, 0.2) is 5.96 Å². The molecule has 150 valence electrons. The quantitative estimate of drug-likeness (QED) is 0.565. The average Bonchev–Trinajstić information content (AvgIpc) is 3.15. The van der Waals surface area contributed by atoms with E-state index in [9.17, 15) is 0 Å². The smallest absolute Gasteiger partial charge is 0.191 e. The van der Waals surface area contributed by atoms with Gasteiger partial charge in [0, 0.05) is 30.4 Å². The van der Waals surface area contributed by atoms with Crippen molar-refractivity contribution in [3.05, 3.63) is 0 Å². The van der Waals surface area contributed by atoms with Gasteiger partial charge in [-0.1, -0.05) is 6.42 Å². The maximum Gasteiger partial charge on any atom is 0.191 e. The van der Waals surface area contributed by atoms with Crippen molar-refractivity contribution in [2.75, 3.05) is 53.1 Å². The fraction of sp³-hybridized carbons (Fsp3) is 0.950. The van der Waals surface area contributed by atoms with Crippen LogP contribution in [0.1, 0.15) is 51.4 Å². The van der Waals surface area contributed by atoms with Gasteiger partial charge in [-0.05, 0) is 84.4 Å². The highest BCUT2D eigenvalue weighted by Gasteiger charge is 2.39. The molecule has 0 spiro atoms. The molecule has 2 N–H and O–H groups in total. The summed E-state index contributed by atoms with van der Waals surface area (Å²) >= 11 is 2.01. The fourth-order valence-corrected chi connectivity index (χ4v) is 5.73. The molecule has 6 heteroatoms. The summed E-state index contributed by atoms with van der Waals surface area (Å²) in [5, 5.41) is 8.24. The normalized spacial score (nSPS) is 31.1. The Morgan fingerprint density at radius 3 is 2.46 bits per heavy atom. The Bertz CT molecular complexity index is 455. The van der Waals surface area contributed by atoms with Crippen LogP contribution in [-0.4, -0.2) is 85.7 Å². The molecule has 0 aromatic rings. The first-order valence-electron chi connectivity index (χ1n) is 10.6. The van der Waals surface area contributed by atoms with Crippen LogP contribution in [0.15, 0.2) is 4.99 Å². The molecule has 26 heavy (non-hydrogen) atoms. The minimum absolute atomic E-state index is 0.308. The first-order valence-corrected chi connectivity index (χ1v) is 11.9. The van der Waals surface area contributed by atoms with Crippen LogP contribution in [0, 0.1) is 0 Å². The van der Waals surface area contributed by atoms with Crippen molar-refractivity contribution in [2.24, 2.45) is 4.99 Å². The largest absolute Gasteiger partial charge is 0.355 e. The molecule has 2 saturated heterocycles. The first kappa shape index (κ1) is 20.3. The van der Waals surface area contributed by atoms with Gasteiger partial charge in [-0.15, -0.1) is 0 Å². The summed E-state index contributed by atoms with van der Waals surface area (Å²) in [6, 6.07) is 0.585. The Balaban J connectivity index is 1.57. The number of nitrogens with one attached hydrogen (secondary N) is 2. The predicted octanol–water partition coefficient (Wildman–Crippen LogP) is 2.39. The molecule has 0 radical (unpaired) electrons. The molecule has 3 fully saturated rings. The minimum Gasteiger partial charge on any atom is -0.355 e. The highest BCUT2D eigenvalue weighted by atomic mass is 32.2. The van der Waals surface area contributed by atoms with Crippen LogP contribution >= 0.6 is 11.8 Å². The van der Waals surface area contributed by atoms with Crippen molar-refractivity contribution in [1.82, 2.24) is 20.4 Å². The van der Waals surface area contributed by atoms with Gasteiger partial charge in [0.1, 0.15) is 0 Å². The van der Waals surface area contributed by atoms with Crippen molar-refractivity contribution >= 4 is 17.7 Å². The number of guanidine groups is 1. The number of hydrogen-bond acceptors (Lipinski definition) is 4. The third-order valence-corrected chi connectivity index (χ3v) is 7.91. The molecule has 1 aliphatic carbocycles. The Kier molecular flexibility index (Phi) is 7.53. The van der Waals surface area contributed by atoms with E-state index in [2.05, 4.69) is 38.7 Å². The molecule has 5 nitrogen and oxygen atoms in total. The SMILES string of the molecule is CN=C(NCC1(N2CCCCC2)CCN(C)CC1)NC1CCC(SC)C1. The van der Waals surface area contributed by atoms with Gasteiger partial charge in [0.05, 0.1) is 0 Å². The van der Waals surface area contributed by atoms with Crippen LogP contribution in [0.5, 0.6) is 0 Å². The van der Waals surface area contributed by atoms with E-state index in [0.717, 1.165) is 17.8 Å². The zero-order chi connectivity index (χ0) is 18.4. The molecule has 0 aromatic carbocycles. The molecule has 3 aliphatic rings. The monoisotopic (exact) mass is 381 g/mol. The highest BCUT2D eigenvalue weighted by molar-refractivity contribution is 7.99. The van der Waals surface area contributed by atoms with Gasteiger partial charge in [-0.25, -0.2) is 0 Å². The Hall–Kier alpha value is -0.460. The summed E-state index contributed by atoms with van der Waals surface area (Å²) in [7, 11) is 4.18. The van der Waals surface area contributed by atoms with E-state index in [1.165, 1.54) is 77.5 Å². The summed E-state index contributed by atoms with van der Waals surface area (Å²) in [5.41, 5.74) is 0.308. The van der Waals surface area contributed by atoms with Crippen molar-refractivity contribution in [3.8, 4) is 0 Å². The van der Waals surface area contributed by atoms with Crippen LogP contribution < -0.4 is 10.6 Å². The standard InChI is InChI=1S/C20H39N5S/c1-21-19(23-17-7-8-18(15-17)26-3)22-16-20(9-13-24(2)14-10-20)25-11-5-4-6-12-25/h17-18H,4-16H2,1-3H3,(H2,21,22,23). The van der Waals surface area contributed by atoms with Crippen molar-refractivity contribution in [2.45, 2.75) is 68.2 Å². The first-order chi connectivity index (χ1) is 12.6. The van der Waals surface area contributed by atoms with Crippen LogP contribution in [0.25, 0.3) is 0 Å². The van der Waals surface area contributed by atoms with Gasteiger partial charge < -0.3 is 15.5 Å². The lowest BCUT2D eigenvalue weighted by Crippen LogP contribution is -2.62. The maximum absolute atomic E-state index is 4.54. The number of likely N-dealkylation sites (tertiary alicyclic amines) is 2. The average molecular weight is 382 g/mol. The molecule has 2 atom stereocenters. The number of hydrogen-bond donors (Lipinski definition) is 2. The summed E-state index contributed by atoms with van der Waals surface area (Å²) < 4.78 is 0. The number of nitrogens with zero attached hydrogens (tertiary/aromatic N) is 3. The van der Waals surface area contributed by atoms with E-state index in [-0.39, 0.29) is 0 Å². The molecular formula is C20H39N5S. The van der Waals surface area contributed by atoms with Crippen molar-refractivity contribution in [1.29, 1.82) is 0 Å². The van der Waals surface area contributed by atoms with E-state index in [4.69, 9.17) is 0 Å². The molecular weight excluding hydrogens is 342 g/mol. The van der Waals surface area contributed by atoms with Gasteiger partial charge in [-0.3, -0.25) is 9.89 Å². The minimum atomic E-state index is 0.308. The second-order valence-electron chi connectivity index (χ2n) is 8.51.